The number of hydrogen-bond acceptors (Lipinski definition) is 12. The molecule has 0 saturated carbocycles. The van der Waals surface area contributed by atoms with E-state index in [0.29, 0.717) is 51.0 Å². The summed E-state index contributed by atoms with van der Waals surface area (Å²) in [6, 6.07) is 20.7. The van der Waals surface area contributed by atoms with Gasteiger partial charge in [0.25, 0.3) is 11.4 Å². The molecule has 0 aliphatic carbocycles. The third-order valence-electron chi connectivity index (χ3n) is 6.33. The fourth-order valence-electron chi connectivity index (χ4n) is 4.26. The Morgan fingerprint density at radius 2 is 1.09 bits per heavy atom. The maximum Gasteiger partial charge on any atom is 0.269 e. The van der Waals surface area contributed by atoms with Crippen LogP contribution in [0.1, 0.15) is 11.4 Å². The predicted molar refractivity (Wildman–Crippen MR) is 155 cm³/mol. The average Bonchev–Trinajstić information content (AvgIpc) is 3.60. The van der Waals surface area contributed by atoms with Crippen LogP contribution < -0.4 is 10.8 Å². The molecule has 16 heteroatoms. The zero-order valence-corrected chi connectivity index (χ0v) is 22.6. The zero-order valence-electron chi connectivity index (χ0n) is 22.6. The molecule has 0 spiro atoms. The number of fused-ring (bicyclic) bond motifs is 3. The van der Waals surface area contributed by atoms with Crippen molar-refractivity contribution in [2.75, 3.05) is 5.43 Å². The van der Waals surface area contributed by atoms with Gasteiger partial charge >= 0.3 is 0 Å². The lowest BCUT2D eigenvalue weighted by Gasteiger charge is -1.99. The van der Waals surface area contributed by atoms with E-state index in [4.69, 9.17) is 0 Å². The SMILES string of the molecule is Cc1nc2c(=NNc3ccccc3)c3nc(C)c(N=Nc4ccc([N+](=O)[O-])cc4)n3n2c1N=Nc1ccc([N+](=O)[O-])cc1. The third kappa shape index (κ3) is 5.10. The number of para-hydroxylation sites is 1. The Morgan fingerprint density at radius 1 is 0.651 bits per heavy atom. The van der Waals surface area contributed by atoms with Crippen molar-refractivity contribution in [1.82, 2.24) is 19.0 Å². The largest absolute Gasteiger partial charge is 0.278 e. The molecule has 212 valence electrons. The molecular formula is C27H20N12O4. The summed E-state index contributed by atoms with van der Waals surface area (Å²) in [6.45, 7) is 3.53. The highest BCUT2D eigenvalue weighted by Crippen LogP contribution is 2.30. The number of aromatic nitrogens is 4. The summed E-state index contributed by atoms with van der Waals surface area (Å²) in [5.41, 5.74) is 6.38. The number of rotatable bonds is 8. The molecular weight excluding hydrogens is 556 g/mol. The van der Waals surface area contributed by atoms with Gasteiger partial charge in [0.1, 0.15) is 0 Å². The van der Waals surface area contributed by atoms with E-state index >= 15 is 0 Å². The van der Waals surface area contributed by atoms with Crippen LogP contribution in [0.3, 0.4) is 0 Å². The van der Waals surface area contributed by atoms with E-state index in [2.05, 4.69) is 41.0 Å². The molecule has 0 bridgehead atoms. The fourth-order valence-corrected chi connectivity index (χ4v) is 4.26. The number of imidazole rings is 2. The van der Waals surface area contributed by atoms with E-state index in [-0.39, 0.29) is 11.4 Å². The van der Waals surface area contributed by atoms with E-state index in [1.807, 2.05) is 30.3 Å². The summed E-state index contributed by atoms with van der Waals surface area (Å²) < 4.78 is 3.32. The van der Waals surface area contributed by atoms with Crippen molar-refractivity contribution in [2.24, 2.45) is 25.6 Å². The van der Waals surface area contributed by atoms with Crippen LogP contribution in [0.4, 0.5) is 40.1 Å². The van der Waals surface area contributed by atoms with Crippen LogP contribution in [-0.2, 0) is 0 Å². The minimum atomic E-state index is -0.491. The lowest BCUT2D eigenvalue weighted by atomic mass is 10.3. The van der Waals surface area contributed by atoms with E-state index in [1.165, 1.54) is 48.5 Å². The molecule has 0 amide bonds. The van der Waals surface area contributed by atoms with Crippen molar-refractivity contribution < 1.29 is 9.85 Å². The van der Waals surface area contributed by atoms with Crippen LogP contribution >= 0.6 is 0 Å². The maximum atomic E-state index is 11.0. The van der Waals surface area contributed by atoms with E-state index in [1.54, 1.807) is 22.9 Å². The number of hydrogen-bond donors (Lipinski definition) is 1. The summed E-state index contributed by atoms with van der Waals surface area (Å²) >= 11 is 0. The topological polar surface area (TPSA) is 195 Å². The normalized spacial score (nSPS) is 11.7. The van der Waals surface area contributed by atoms with Gasteiger partial charge in [0.05, 0.1) is 38.3 Å². The molecule has 16 nitrogen and oxygen atoms in total. The molecule has 0 aliphatic heterocycles. The van der Waals surface area contributed by atoms with Crippen LogP contribution in [-0.4, -0.2) is 28.8 Å². The van der Waals surface area contributed by atoms with Gasteiger partial charge in [-0.05, 0) is 50.2 Å². The van der Waals surface area contributed by atoms with E-state index in [0.717, 1.165) is 5.69 Å². The number of nitrogens with one attached hydrogen (secondary N) is 1. The van der Waals surface area contributed by atoms with Gasteiger partial charge in [-0.15, -0.1) is 20.5 Å². The Labute approximate surface area is 241 Å². The van der Waals surface area contributed by atoms with Crippen LogP contribution in [0.25, 0.3) is 11.3 Å². The zero-order chi connectivity index (χ0) is 30.1. The number of aryl methyl sites for hydroxylation is 2. The molecule has 1 N–H and O–H groups in total. The number of non-ortho nitro benzene ring substituents is 2. The summed E-state index contributed by atoms with van der Waals surface area (Å²) in [6.07, 6.45) is 0. The summed E-state index contributed by atoms with van der Waals surface area (Å²) in [5, 5.41) is 44.4. The second kappa shape index (κ2) is 10.8. The lowest BCUT2D eigenvalue weighted by Crippen LogP contribution is -2.06. The van der Waals surface area contributed by atoms with Crippen LogP contribution in [0.2, 0.25) is 0 Å². The van der Waals surface area contributed by atoms with Crippen LogP contribution in [0, 0.1) is 34.1 Å². The van der Waals surface area contributed by atoms with Gasteiger partial charge in [-0.1, -0.05) is 18.2 Å². The molecule has 43 heavy (non-hydrogen) atoms. The van der Waals surface area contributed by atoms with Crippen molar-refractivity contribution in [3.63, 3.8) is 0 Å². The number of nitrogens with zero attached hydrogens (tertiary/aromatic N) is 11. The molecule has 0 aliphatic rings. The predicted octanol–water partition coefficient (Wildman–Crippen LogP) is 6.61. The van der Waals surface area contributed by atoms with Crippen LogP contribution in [0.5, 0.6) is 0 Å². The van der Waals surface area contributed by atoms with Gasteiger partial charge < -0.3 is 0 Å². The van der Waals surface area contributed by atoms with Gasteiger partial charge in [-0.3, -0.25) is 25.7 Å². The highest BCUT2D eigenvalue weighted by Gasteiger charge is 2.23. The first-order valence-electron chi connectivity index (χ1n) is 12.7. The maximum absolute atomic E-state index is 11.0. The lowest BCUT2D eigenvalue weighted by molar-refractivity contribution is -0.385. The smallest absolute Gasteiger partial charge is 0.269 e. The standard InChI is InChI=1S/C27H20N12O4/c1-16-24(34-31-19-8-12-21(13-9-19)38(40)41)36-26(28-16)23(33-30-18-6-4-3-5-7-18)27-29-17(2)25(37(27)36)35-32-20-10-14-22(15-11-20)39(42)43/h3-15,30H,1-2H3. The first-order valence-corrected chi connectivity index (χ1v) is 12.7. The fraction of sp³-hybridized carbons (Fsp3) is 0.0741. The summed E-state index contributed by atoms with van der Waals surface area (Å²) in [5.74, 6) is 0.701. The monoisotopic (exact) mass is 576 g/mol. The molecule has 0 fully saturated rings. The second-order valence-electron chi connectivity index (χ2n) is 9.20. The number of nitro benzene ring substituents is 2. The Kier molecular flexibility index (Phi) is 6.75. The molecule has 3 aromatic heterocycles. The summed E-state index contributed by atoms with van der Waals surface area (Å²) in [7, 11) is 0. The van der Waals surface area contributed by atoms with Gasteiger partial charge in [0.2, 0.25) is 0 Å². The van der Waals surface area contributed by atoms with Gasteiger partial charge in [-0.25, -0.2) is 19.0 Å². The minimum absolute atomic E-state index is 0.0614. The first-order chi connectivity index (χ1) is 20.8. The van der Waals surface area contributed by atoms with Gasteiger partial charge in [0, 0.05) is 24.3 Å². The highest BCUT2D eigenvalue weighted by atomic mass is 16.6. The number of azo groups is 2. The molecule has 0 atom stereocenters. The van der Waals surface area contributed by atoms with Crippen molar-refractivity contribution in [3.05, 3.63) is 116 Å². The molecule has 0 unspecified atom stereocenters. The molecule has 3 heterocycles. The number of anilines is 1. The van der Waals surface area contributed by atoms with E-state index in [9.17, 15) is 20.2 Å². The Morgan fingerprint density at radius 3 is 1.51 bits per heavy atom. The Bertz CT molecular complexity index is 1990. The molecule has 3 aromatic carbocycles. The molecule has 0 saturated heterocycles. The first kappa shape index (κ1) is 26.8. The third-order valence-corrected chi connectivity index (χ3v) is 6.33. The number of benzene rings is 3. The van der Waals surface area contributed by atoms with Crippen molar-refractivity contribution in [3.8, 4) is 0 Å². The second-order valence-corrected chi connectivity index (χ2v) is 9.20. The molecule has 6 aromatic rings. The Hall–Kier alpha value is -6.45. The van der Waals surface area contributed by atoms with Crippen molar-refractivity contribution in [2.45, 2.75) is 13.8 Å². The van der Waals surface area contributed by atoms with E-state index < -0.39 is 9.85 Å². The van der Waals surface area contributed by atoms with Crippen LogP contribution in [0.15, 0.2) is 104 Å². The molecule has 6 rings (SSSR count). The highest BCUT2D eigenvalue weighted by molar-refractivity contribution is 5.64. The van der Waals surface area contributed by atoms with Crippen molar-refractivity contribution in [1.29, 1.82) is 0 Å². The van der Waals surface area contributed by atoms with Gasteiger partial charge in [0.15, 0.2) is 28.3 Å². The average molecular weight is 577 g/mol. The quantitative estimate of drug-likeness (QED) is 0.119. The summed E-state index contributed by atoms with van der Waals surface area (Å²) in [4.78, 5) is 30.4. The minimum Gasteiger partial charge on any atom is -0.278 e. The number of nitro groups is 2. The van der Waals surface area contributed by atoms with Crippen molar-refractivity contribution >= 4 is 51.4 Å². The Balaban J connectivity index is 1.51. The van der Waals surface area contributed by atoms with Gasteiger partial charge in [-0.2, -0.15) is 5.10 Å². The molecule has 0 radical (unpaired) electrons.